The predicted molar refractivity (Wildman–Crippen MR) is 74.6 cm³/mol. The van der Waals surface area contributed by atoms with Crippen LogP contribution in [0.5, 0.6) is 0 Å². The molecule has 0 saturated carbocycles. The van der Waals surface area contributed by atoms with Crippen LogP contribution in [0.4, 0.5) is 0 Å². The van der Waals surface area contributed by atoms with Gasteiger partial charge in [-0.2, -0.15) is 4.31 Å². The van der Waals surface area contributed by atoms with Crippen molar-refractivity contribution in [1.29, 1.82) is 0 Å². The Bertz CT molecular complexity index is 540. The molecule has 1 aliphatic rings. The maximum atomic E-state index is 12.5. The monoisotopic (exact) mass is 283 g/mol. The zero-order valence-corrected chi connectivity index (χ0v) is 12.1. The third-order valence-electron chi connectivity index (χ3n) is 3.66. The quantitative estimate of drug-likeness (QED) is 0.892. The van der Waals surface area contributed by atoms with Crippen LogP contribution in [0.2, 0.25) is 0 Å². The summed E-state index contributed by atoms with van der Waals surface area (Å²) in [4.78, 5) is 0.350. The molecule has 0 spiro atoms. The fraction of sp³-hybridized carbons (Fsp3) is 0.571. The van der Waals surface area contributed by atoms with Crippen LogP contribution in [0.3, 0.4) is 0 Å². The number of aliphatic hydroxyl groups is 1. The molecule has 0 unspecified atom stereocenters. The molecule has 2 rings (SSSR count). The van der Waals surface area contributed by atoms with Crippen LogP contribution in [-0.4, -0.2) is 37.5 Å². The summed E-state index contributed by atoms with van der Waals surface area (Å²) in [5.41, 5.74) is 2.43. The van der Waals surface area contributed by atoms with Crippen LogP contribution in [0.1, 0.15) is 30.9 Å². The molecular formula is C14H21NO3S. The van der Waals surface area contributed by atoms with Crippen LogP contribution in [0, 0.1) is 0 Å². The van der Waals surface area contributed by atoms with Gasteiger partial charge in [0.1, 0.15) is 0 Å². The first-order valence-electron chi connectivity index (χ1n) is 6.82. The summed E-state index contributed by atoms with van der Waals surface area (Å²) in [6.45, 7) is 2.15. The largest absolute Gasteiger partial charge is 0.395 e. The van der Waals surface area contributed by atoms with E-state index in [1.54, 1.807) is 13.0 Å². The van der Waals surface area contributed by atoms with Gasteiger partial charge >= 0.3 is 0 Å². The van der Waals surface area contributed by atoms with Crippen LogP contribution >= 0.6 is 0 Å². The summed E-state index contributed by atoms with van der Waals surface area (Å²) in [5.74, 6) is 0. The summed E-state index contributed by atoms with van der Waals surface area (Å²) < 4.78 is 26.2. The maximum Gasteiger partial charge on any atom is 0.243 e. The minimum Gasteiger partial charge on any atom is -0.395 e. The SMILES string of the molecule is CCN(CCO)S(=O)(=O)c1ccc2c(c1)CCCC2. The summed E-state index contributed by atoms with van der Waals surface area (Å²) in [6, 6.07) is 5.44. The minimum absolute atomic E-state index is 0.149. The van der Waals surface area contributed by atoms with E-state index >= 15 is 0 Å². The number of aliphatic hydroxyl groups excluding tert-OH is 1. The number of hydrogen-bond donors (Lipinski definition) is 1. The Labute approximate surface area is 115 Å². The number of hydrogen-bond acceptors (Lipinski definition) is 3. The van der Waals surface area contributed by atoms with Gasteiger partial charge in [0.25, 0.3) is 0 Å². The first-order chi connectivity index (χ1) is 9.09. The topological polar surface area (TPSA) is 57.6 Å². The van der Waals surface area contributed by atoms with Crippen molar-refractivity contribution in [2.75, 3.05) is 19.7 Å². The van der Waals surface area contributed by atoms with Crippen LogP contribution in [0.15, 0.2) is 23.1 Å². The van der Waals surface area contributed by atoms with Crippen molar-refractivity contribution in [3.8, 4) is 0 Å². The van der Waals surface area contributed by atoms with Crippen molar-refractivity contribution in [2.45, 2.75) is 37.5 Å². The Morgan fingerprint density at radius 3 is 2.53 bits per heavy atom. The van der Waals surface area contributed by atoms with E-state index in [2.05, 4.69) is 0 Å². The van der Waals surface area contributed by atoms with E-state index in [9.17, 15) is 8.42 Å². The highest BCUT2D eigenvalue weighted by Crippen LogP contribution is 2.25. The Hall–Kier alpha value is -0.910. The van der Waals surface area contributed by atoms with Gasteiger partial charge in [0.2, 0.25) is 10.0 Å². The van der Waals surface area contributed by atoms with Gasteiger partial charge in [-0.15, -0.1) is 0 Å². The van der Waals surface area contributed by atoms with Gasteiger partial charge in [0, 0.05) is 13.1 Å². The van der Waals surface area contributed by atoms with E-state index < -0.39 is 10.0 Å². The smallest absolute Gasteiger partial charge is 0.243 e. The van der Waals surface area contributed by atoms with E-state index in [0.29, 0.717) is 11.4 Å². The highest BCUT2D eigenvalue weighted by atomic mass is 32.2. The molecule has 0 saturated heterocycles. The van der Waals surface area contributed by atoms with E-state index in [1.165, 1.54) is 16.3 Å². The van der Waals surface area contributed by atoms with Crippen LogP contribution in [-0.2, 0) is 22.9 Å². The number of benzene rings is 1. The third-order valence-corrected chi connectivity index (χ3v) is 5.63. The van der Waals surface area contributed by atoms with Crippen molar-refractivity contribution in [3.05, 3.63) is 29.3 Å². The van der Waals surface area contributed by atoms with E-state index in [0.717, 1.165) is 24.8 Å². The molecule has 1 N–H and O–H groups in total. The molecule has 0 radical (unpaired) electrons. The van der Waals surface area contributed by atoms with E-state index in [4.69, 9.17) is 5.11 Å². The zero-order chi connectivity index (χ0) is 13.9. The number of likely N-dealkylation sites (N-methyl/N-ethyl adjacent to an activating group) is 1. The Morgan fingerprint density at radius 1 is 1.21 bits per heavy atom. The summed E-state index contributed by atoms with van der Waals surface area (Å²) >= 11 is 0. The number of fused-ring (bicyclic) bond motifs is 1. The lowest BCUT2D eigenvalue weighted by Gasteiger charge is -2.21. The predicted octanol–water partition coefficient (Wildman–Crippen LogP) is 1.57. The van der Waals surface area contributed by atoms with Crippen molar-refractivity contribution in [1.82, 2.24) is 4.31 Å². The number of aryl methyl sites for hydroxylation is 2. The number of rotatable bonds is 5. The molecule has 106 valence electrons. The lowest BCUT2D eigenvalue weighted by Crippen LogP contribution is -2.33. The van der Waals surface area contributed by atoms with Crippen molar-refractivity contribution in [2.24, 2.45) is 0 Å². The Kier molecular flexibility index (Phi) is 4.60. The molecule has 0 atom stereocenters. The normalized spacial score (nSPS) is 15.5. The Balaban J connectivity index is 2.35. The van der Waals surface area contributed by atoms with Gasteiger partial charge in [0.15, 0.2) is 0 Å². The van der Waals surface area contributed by atoms with Gasteiger partial charge in [-0.25, -0.2) is 8.42 Å². The van der Waals surface area contributed by atoms with Crippen molar-refractivity contribution >= 4 is 10.0 Å². The molecule has 0 fully saturated rings. The second-order valence-corrected chi connectivity index (χ2v) is 6.80. The molecular weight excluding hydrogens is 262 g/mol. The van der Waals surface area contributed by atoms with Crippen molar-refractivity contribution < 1.29 is 13.5 Å². The Morgan fingerprint density at radius 2 is 1.89 bits per heavy atom. The average Bonchev–Trinajstić information content (AvgIpc) is 2.44. The summed E-state index contributed by atoms with van der Waals surface area (Å²) in [7, 11) is -3.47. The lowest BCUT2D eigenvalue weighted by molar-refractivity contribution is 0.257. The molecule has 1 aromatic carbocycles. The average molecular weight is 283 g/mol. The second kappa shape index (κ2) is 6.03. The molecule has 1 aromatic rings. The summed E-state index contributed by atoms with van der Waals surface area (Å²) in [6.07, 6.45) is 4.32. The van der Waals surface area contributed by atoms with E-state index in [1.807, 2.05) is 12.1 Å². The van der Waals surface area contributed by atoms with E-state index in [-0.39, 0.29) is 13.2 Å². The molecule has 0 amide bonds. The molecule has 19 heavy (non-hydrogen) atoms. The van der Waals surface area contributed by atoms with Gasteiger partial charge in [-0.3, -0.25) is 0 Å². The molecule has 0 aliphatic heterocycles. The molecule has 5 heteroatoms. The standard InChI is InChI=1S/C14H21NO3S/c1-2-15(9-10-16)19(17,18)14-8-7-12-5-3-4-6-13(12)11-14/h7-8,11,16H,2-6,9-10H2,1H3. The first kappa shape index (κ1) is 14.5. The second-order valence-electron chi connectivity index (χ2n) is 4.86. The van der Waals surface area contributed by atoms with Gasteiger partial charge in [-0.1, -0.05) is 13.0 Å². The molecule has 1 aliphatic carbocycles. The maximum absolute atomic E-state index is 12.5. The number of sulfonamides is 1. The highest BCUT2D eigenvalue weighted by Gasteiger charge is 2.23. The lowest BCUT2D eigenvalue weighted by atomic mass is 9.92. The van der Waals surface area contributed by atoms with Crippen LogP contribution in [0.25, 0.3) is 0 Å². The van der Waals surface area contributed by atoms with Gasteiger partial charge in [-0.05, 0) is 48.9 Å². The fourth-order valence-electron chi connectivity index (χ4n) is 2.58. The van der Waals surface area contributed by atoms with Gasteiger partial charge < -0.3 is 5.11 Å². The highest BCUT2D eigenvalue weighted by molar-refractivity contribution is 7.89. The zero-order valence-electron chi connectivity index (χ0n) is 11.3. The first-order valence-corrected chi connectivity index (χ1v) is 8.26. The molecule has 0 bridgehead atoms. The summed E-state index contributed by atoms with van der Waals surface area (Å²) in [5, 5.41) is 8.96. The molecule has 0 heterocycles. The molecule has 0 aromatic heterocycles. The van der Waals surface area contributed by atoms with Crippen LogP contribution < -0.4 is 0 Å². The van der Waals surface area contributed by atoms with Crippen molar-refractivity contribution in [3.63, 3.8) is 0 Å². The van der Waals surface area contributed by atoms with Gasteiger partial charge in [0.05, 0.1) is 11.5 Å². The molecule has 4 nitrogen and oxygen atoms in total. The fourth-order valence-corrected chi connectivity index (χ4v) is 4.07. The minimum atomic E-state index is -3.47. The number of nitrogens with zero attached hydrogens (tertiary/aromatic N) is 1. The third kappa shape index (κ3) is 2.99.